The van der Waals surface area contributed by atoms with E-state index in [4.69, 9.17) is 9.52 Å². The highest BCUT2D eigenvalue weighted by Gasteiger charge is 2.15. The van der Waals surface area contributed by atoms with Crippen molar-refractivity contribution in [2.75, 3.05) is 0 Å². The van der Waals surface area contributed by atoms with Crippen LogP contribution in [0.25, 0.3) is 0 Å². The molecule has 1 atom stereocenters. The van der Waals surface area contributed by atoms with E-state index < -0.39 is 16.8 Å². The lowest BCUT2D eigenvalue weighted by Crippen LogP contribution is -2.04. The molecule has 0 saturated heterocycles. The van der Waals surface area contributed by atoms with E-state index >= 15 is 0 Å². The maximum absolute atomic E-state index is 11.4. The van der Waals surface area contributed by atoms with Crippen LogP contribution in [0.5, 0.6) is 0 Å². The van der Waals surface area contributed by atoms with Crippen LogP contribution >= 0.6 is 0 Å². The Kier molecular flexibility index (Phi) is 2.87. The average Bonchev–Trinajstić information content (AvgIpc) is 2.50. The smallest absolute Gasteiger partial charge is 0.371 e. The van der Waals surface area contributed by atoms with E-state index in [9.17, 15) is 9.00 Å². The average molecular weight is 202 g/mol. The zero-order valence-electron chi connectivity index (χ0n) is 7.31. The Hall–Kier alpha value is -1.10. The lowest BCUT2D eigenvalue weighted by Gasteiger charge is -1.99. The molecule has 0 aromatic carbocycles. The molecule has 0 saturated carbocycles. The topological polar surface area (TPSA) is 67.5 Å². The van der Waals surface area contributed by atoms with Gasteiger partial charge in [-0.05, 0) is 12.1 Å². The Morgan fingerprint density at radius 2 is 2.15 bits per heavy atom. The summed E-state index contributed by atoms with van der Waals surface area (Å²) >= 11 is 0. The molecular weight excluding hydrogens is 192 g/mol. The van der Waals surface area contributed by atoms with Gasteiger partial charge in [-0.2, -0.15) is 0 Å². The lowest BCUT2D eigenvalue weighted by molar-refractivity contribution is 0.0656. The molecule has 1 N–H and O–H groups in total. The first-order valence-corrected chi connectivity index (χ1v) is 4.97. The second-order valence-corrected chi connectivity index (χ2v) is 4.71. The van der Waals surface area contributed by atoms with Crippen molar-refractivity contribution in [2.45, 2.75) is 24.2 Å². The molecule has 0 aliphatic rings. The second kappa shape index (κ2) is 3.74. The van der Waals surface area contributed by atoms with E-state index in [0.717, 1.165) is 0 Å². The van der Waals surface area contributed by atoms with Gasteiger partial charge in [-0.15, -0.1) is 0 Å². The third-order valence-electron chi connectivity index (χ3n) is 1.42. The van der Waals surface area contributed by atoms with Crippen LogP contribution < -0.4 is 0 Å². The van der Waals surface area contributed by atoms with Gasteiger partial charge in [0.2, 0.25) is 5.76 Å². The molecule has 0 amide bonds. The summed E-state index contributed by atoms with van der Waals surface area (Å²) in [5.41, 5.74) is 0. The number of aromatic carboxylic acids is 1. The molecule has 1 aromatic rings. The molecule has 1 heterocycles. The van der Waals surface area contributed by atoms with Crippen LogP contribution in [0, 0.1) is 0 Å². The fourth-order valence-corrected chi connectivity index (χ4v) is 1.61. The molecular formula is C8H10O4S. The van der Waals surface area contributed by atoms with Gasteiger partial charge in [0.05, 0.1) is 10.8 Å². The van der Waals surface area contributed by atoms with Crippen molar-refractivity contribution in [1.29, 1.82) is 0 Å². The standard InChI is InChI=1S/C8H10O4S/c1-5(2)13(11)7-4-3-6(12-7)8(9)10/h3-5H,1-2H3,(H,9,10). The molecule has 1 rings (SSSR count). The highest BCUT2D eigenvalue weighted by Crippen LogP contribution is 2.14. The Bertz CT molecular complexity index is 340. The normalized spacial score (nSPS) is 13.2. The van der Waals surface area contributed by atoms with Gasteiger partial charge >= 0.3 is 5.97 Å². The number of carboxylic acid groups (broad SMARTS) is 1. The van der Waals surface area contributed by atoms with Gasteiger partial charge in [0.15, 0.2) is 5.09 Å². The minimum absolute atomic E-state index is 0.0761. The second-order valence-electron chi connectivity index (χ2n) is 2.77. The molecule has 5 heteroatoms. The summed E-state index contributed by atoms with van der Waals surface area (Å²) in [5.74, 6) is -1.32. The number of carbonyl (C=O) groups is 1. The van der Waals surface area contributed by atoms with Crippen LogP contribution in [-0.4, -0.2) is 20.5 Å². The first kappa shape index (κ1) is 9.98. The molecule has 0 aliphatic heterocycles. The molecule has 1 aromatic heterocycles. The SMILES string of the molecule is CC(C)S(=O)c1ccc(C(=O)O)o1. The quantitative estimate of drug-likeness (QED) is 0.806. The van der Waals surface area contributed by atoms with E-state index in [-0.39, 0.29) is 16.1 Å². The van der Waals surface area contributed by atoms with Gasteiger partial charge in [0.25, 0.3) is 0 Å². The third-order valence-corrected chi connectivity index (χ3v) is 2.89. The fourth-order valence-electron chi connectivity index (χ4n) is 0.776. The molecule has 0 bridgehead atoms. The van der Waals surface area contributed by atoms with Gasteiger partial charge < -0.3 is 9.52 Å². The Labute approximate surface area is 78.0 Å². The zero-order chi connectivity index (χ0) is 10.0. The Morgan fingerprint density at radius 3 is 2.54 bits per heavy atom. The van der Waals surface area contributed by atoms with Crippen LogP contribution in [0.3, 0.4) is 0 Å². The number of carboxylic acids is 1. The van der Waals surface area contributed by atoms with Gasteiger partial charge in [0.1, 0.15) is 0 Å². The van der Waals surface area contributed by atoms with E-state index in [1.54, 1.807) is 13.8 Å². The van der Waals surface area contributed by atoms with Gasteiger partial charge in [0, 0.05) is 5.25 Å². The number of hydrogen-bond acceptors (Lipinski definition) is 3. The Balaban J connectivity index is 2.92. The molecule has 72 valence electrons. The van der Waals surface area contributed by atoms with E-state index in [0.29, 0.717) is 0 Å². The largest absolute Gasteiger partial charge is 0.475 e. The minimum Gasteiger partial charge on any atom is -0.475 e. The van der Waals surface area contributed by atoms with Crippen molar-refractivity contribution in [2.24, 2.45) is 0 Å². The van der Waals surface area contributed by atoms with Crippen LogP contribution in [0.4, 0.5) is 0 Å². The maximum atomic E-state index is 11.4. The van der Waals surface area contributed by atoms with E-state index in [1.165, 1.54) is 12.1 Å². The Morgan fingerprint density at radius 1 is 1.54 bits per heavy atom. The maximum Gasteiger partial charge on any atom is 0.371 e. The monoisotopic (exact) mass is 202 g/mol. The van der Waals surface area contributed by atoms with E-state index in [2.05, 4.69) is 0 Å². The first-order chi connectivity index (χ1) is 6.02. The predicted molar refractivity (Wildman–Crippen MR) is 47.2 cm³/mol. The van der Waals surface area contributed by atoms with Crippen molar-refractivity contribution in [1.82, 2.24) is 0 Å². The highest BCUT2D eigenvalue weighted by atomic mass is 32.2. The van der Waals surface area contributed by atoms with Crippen LogP contribution in [0.2, 0.25) is 0 Å². The first-order valence-electron chi connectivity index (χ1n) is 3.76. The number of rotatable bonds is 3. The van der Waals surface area contributed by atoms with Crippen LogP contribution in [-0.2, 0) is 10.8 Å². The van der Waals surface area contributed by atoms with Gasteiger partial charge in [-0.25, -0.2) is 4.79 Å². The van der Waals surface area contributed by atoms with Crippen molar-refractivity contribution in [3.05, 3.63) is 17.9 Å². The molecule has 0 fully saturated rings. The molecule has 4 nitrogen and oxygen atoms in total. The lowest BCUT2D eigenvalue weighted by atomic mass is 10.5. The van der Waals surface area contributed by atoms with Crippen LogP contribution in [0.15, 0.2) is 21.6 Å². The summed E-state index contributed by atoms with van der Waals surface area (Å²) < 4.78 is 16.3. The summed E-state index contributed by atoms with van der Waals surface area (Å²) in [6.45, 7) is 3.55. The summed E-state index contributed by atoms with van der Waals surface area (Å²) in [5, 5.41) is 8.66. The summed E-state index contributed by atoms with van der Waals surface area (Å²) in [4.78, 5) is 10.4. The van der Waals surface area contributed by atoms with E-state index in [1.807, 2.05) is 0 Å². The summed E-state index contributed by atoms with van der Waals surface area (Å²) in [7, 11) is -1.26. The number of hydrogen-bond donors (Lipinski definition) is 1. The summed E-state index contributed by atoms with van der Waals surface area (Å²) in [6.07, 6.45) is 0. The molecule has 0 spiro atoms. The highest BCUT2D eigenvalue weighted by molar-refractivity contribution is 7.85. The molecule has 0 aliphatic carbocycles. The summed E-state index contributed by atoms with van der Waals surface area (Å²) in [6, 6.07) is 2.73. The third kappa shape index (κ3) is 2.18. The molecule has 1 unspecified atom stereocenters. The van der Waals surface area contributed by atoms with Gasteiger partial charge in [-0.1, -0.05) is 13.8 Å². The minimum atomic E-state index is -1.26. The van der Waals surface area contributed by atoms with Crippen molar-refractivity contribution < 1.29 is 18.5 Å². The van der Waals surface area contributed by atoms with Crippen molar-refractivity contribution in [3.8, 4) is 0 Å². The van der Waals surface area contributed by atoms with Crippen molar-refractivity contribution >= 4 is 16.8 Å². The molecule has 0 radical (unpaired) electrons. The van der Waals surface area contributed by atoms with Crippen molar-refractivity contribution in [3.63, 3.8) is 0 Å². The fraction of sp³-hybridized carbons (Fsp3) is 0.375. The zero-order valence-corrected chi connectivity index (χ0v) is 8.13. The van der Waals surface area contributed by atoms with Gasteiger partial charge in [-0.3, -0.25) is 4.21 Å². The molecule has 13 heavy (non-hydrogen) atoms. The predicted octanol–water partition coefficient (Wildman–Crippen LogP) is 1.49. The number of furan rings is 1. The van der Waals surface area contributed by atoms with Crippen LogP contribution in [0.1, 0.15) is 24.4 Å².